The van der Waals surface area contributed by atoms with E-state index < -0.39 is 0 Å². The Morgan fingerprint density at radius 3 is 1.35 bits per heavy atom. The van der Waals surface area contributed by atoms with Crippen LogP contribution in [0.4, 0.5) is 0 Å². The summed E-state index contributed by atoms with van der Waals surface area (Å²) in [5.41, 5.74) is 19.9. The first-order valence-corrected chi connectivity index (χ1v) is 29.0. The van der Waals surface area contributed by atoms with Crippen LogP contribution >= 0.6 is 0 Å². The molecule has 6 aromatic heterocycles. The largest absolute Gasteiger partial charge is 0.342 e. The molecule has 0 spiro atoms. The van der Waals surface area contributed by atoms with Crippen LogP contribution in [-0.2, 0) is 52.0 Å². The summed E-state index contributed by atoms with van der Waals surface area (Å²) in [5.74, 6) is 0. The SMILES string of the molecule is Cc1ccc2c(n1)c1c(n2CCN2CCNCC2C)CCN(C)[C@H]1C.Cc1ccc2c(n1)c1c(n2CCN2[C@H](C)CNC[C@@H]2C)CCN(C)C1.Cc1ccc2c(n1)c1c(n2CCN2[C@H](C)CNC[C@H]2C)CCN(C)C1. The maximum absolute atomic E-state index is 4.93. The number of hydrogen-bond donors (Lipinski definition) is 3. The van der Waals surface area contributed by atoms with Gasteiger partial charge in [0.25, 0.3) is 0 Å². The quantitative estimate of drug-likeness (QED) is 0.153. The number of aromatic nitrogens is 6. The fourth-order valence-electron chi connectivity index (χ4n) is 13.7. The average molecular weight is 1020 g/mol. The van der Waals surface area contributed by atoms with Gasteiger partial charge in [-0.25, -0.2) is 0 Å². The molecule has 12 heterocycles. The number of nitrogens with one attached hydrogen (secondary N) is 3. The van der Waals surface area contributed by atoms with Crippen LogP contribution in [0.1, 0.15) is 98.4 Å². The minimum absolute atomic E-state index is 0.444. The van der Waals surface area contributed by atoms with Gasteiger partial charge in [0.1, 0.15) is 0 Å². The van der Waals surface area contributed by atoms with Crippen LogP contribution in [0.15, 0.2) is 36.4 Å². The summed E-state index contributed by atoms with van der Waals surface area (Å²) >= 11 is 0. The highest BCUT2D eigenvalue weighted by molar-refractivity contribution is 5.84. The molecule has 6 aliphatic rings. The van der Waals surface area contributed by atoms with Gasteiger partial charge in [-0.05, 0) is 120 Å². The van der Waals surface area contributed by atoms with Crippen LogP contribution in [0.3, 0.4) is 0 Å². The third kappa shape index (κ3) is 11.4. The number of aryl methyl sites for hydroxylation is 3. The number of fused-ring (bicyclic) bond motifs is 9. The van der Waals surface area contributed by atoms with Crippen LogP contribution in [0.5, 0.6) is 0 Å². The maximum atomic E-state index is 4.93. The molecular formula is C60H93N15. The zero-order chi connectivity index (χ0) is 52.7. The third-order valence-corrected chi connectivity index (χ3v) is 18.3. The van der Waals surface area contributed by atoms with Crippen LogP contribution < -0.4 is 16.0 Å². The molecule has 12 rings (SSSR count). The van der Waals surface area contributed by atoms with Crippen molar-refractivity contribution in [3.05, 3.63) is 87.3 Å². The Kier molecular flexibility index (Phi) is 16.8. The van der Waals surface area contributed by atoms with Crippen molar-refractivity contribution in [3.8, 4) is 0 Å². The first-order valence-electron chi connectivity index (χ1n) is 29.0. The molecule has 15 nitrogen and oxygen atoms in total. The van der Waals surface area contributed by atoms with Gasteiger partial charge in [0.05, 0.1) is 33.1 Å². The topological polar surface area (TPSA) is 109 Å². The molecular weight excluding hydrogens is 931 g/mol. The fourth-order valence-corrected chi connectivity index (χ4v) is 13.7. The van der Waals surface area contributed by atoms with E-state index in [-0.39, 0.29) is 0 Å². The van der Waals surface area contributed by atoms with Crippen molar-refractivity contribution in [2.45, 2.75) is 151 Å². The zero-order valence-corrected chi connectivity index (χ0v) is 48.1. The van der Waals surface area contributed by atoms with E-state index in [1.165, 1.54) is 66.9 Å². The summed E-state index contributed by atoms with van der Waals surface area (Å²) in [6.45, 7) is 40.1. The average Bonchev–Trinajstić information content (AvgIpc) is 4.03. The molecule has 3 saturated heterocycles. The van der Waals surface area contributed by atoms with Crippen LogP contribution in [0, 0.1) is 20.8 Å². The number of nitrogens with zero attached hydrogens (tertiary/aromatic N) is 12. The Morgan fingerprint density at radius 1 is 0.453 bits per heavy atom. The molecule has 0 aromatic carbocycles. The molecule has 0 amide bonds. The highest BCUT2D eigenvalue weighted by atomic mass is 15.3. The first kappa shape index (κ1) is 54.1. The van der Waals surface area contributed by atoms with Gasteiger partial charge in [0, 0.05) is 224 Å². The highest BCUT2D eigenvalue weighted by Gasteiger charge is 2.32. The Hall–Kier alpha value is -4.29. The van der Waals surface area contributed by atoms with E-state index in [0.717, 1.165) is 154 Å². The second kappa shape index (κ2) is 23.4. The molecule has 3 N–H and O–H groups in total. The summed E-state index contributed by atoms with van der Waals surface area (Å²) in [6.07, 6.45) is 3.39. The van der Waals surface area contributed by atoms with Crippen molar-refractivity contribution < 1.29 is 0 Å². The van der Waals surface area contributed by atoms with Gasteiger partial charge in [-0.1, -0.05) is 0 Å². The highest BCUT2D eigenvalue weighted by Crippen LogP contribution is 2.37. The molecule has 75 heavy (non-hydrogen) atoms. The standard InChI is InChI=1S/3C20H31N5/c1-14-5-6-18-20(22-14)19-16(3)23(4)9-7-17(19)25(18)12-11-24-10-8-21-13-15(24)2;2*1-14-5-6-19-20(22-14)17-13-23(4)8-7-18(17)25(19)10-9-24-15(2)11-21-12-16(24)3/h3*5-6,15-16,21H,7-13H2,1-4H3/t15?,16-;15-,16+;15-,16-/m0.1/s1. The Morgan fingerprint density at radius 2 is 0.867 bits per heavy atom. The number of pyridine rings is 3. The van der Waals surface area contributed by atoms with E-state index in [1.54, 1.807) is 0 Å². The molecule has 0 aliphatic carbocycles. The van der Waals surface area contributed by atoms with Gasteiger partial charge in [-0.2, -0.15) is 0 Å². The van der Waals surface area contributed by atoms with E-state index in [2.05, 4.69) is 179 Å². The zero-order valence-electron chi connectivity index (χ0n) is 48.1. The Bertz CT molecular complexity index is 2760. The van der Waals surface area contributed by atoms with Gasteiger partial charge < -0.3 is 39.5 Å². The minimum Gasteiger partial charge on any atom is -0.342 e. The van der Waals surface area contributed by atoms with Crippen molar-refractivity contribution in [3.63, 3.8) is 0 Å². The van der Waals surface area contributed by atoms with E-state index in [1.807, 2.05) is 0 Å². The molecule has 15 heteroatoms. The van der Waals surface area contributed by atoms with Gasteiger partial charge in [0.15, 0.2) is 0 Å². The van der Waals surface area contributed by atoms with Gasteiger partial charge in [0.2, 0.25) is 0 Å². The summed E-state index contributed by atoms with van der Waals surface area (Å²) in [4.78, 5) is 29.9. The van der Waals surface area contributed by atoms with Crippen molar-refractivity contribution >= 4 is 33.1 Å². The molecule has 0 radical (unpaired) electrons. The monoisotopic (exact) mass is 1020 g/mol. The lowest BCUT2D eigenvalue weighted by Crippen LogP contribution is -2.55. The van der Waals surface area contributed by atoms with Crippen LogP contribution in [-0.4, -0.2) is 194 Å². The lowest BCUT2D eigenvalue weighted by Gasteiger charge is -2.39. The van der Waals surface area contributed by atoms with Crippen LogP contribution in [0.2, 0.25) is 0 Å². The molecule has 0 bridgehead atoms. The van der Waals surface area contributed by atoms with E-state index in [9.17, 15) is 0 Å². The molecule has 6 aliphatic heterocycles. The lowest BCUT2D eigenvalue weighted by atomic mass is 9.99. The van der Waals surface area contributed by atoms with Crippen molar-refractivity contribution in [2.75, 3.05) is 106 Å². The molecule has 6 aromatic rings. The van der Waals surface area contributed by atoms with Gasteiger partial charge in [-0.3, -0.25) is 34.6 Å². The number of likely N-dealkylation sites (N-methyl/N-ethyl adjacent to an activating group) is 3. The lowest BCUT2D eigenvalue weighted by molar-refractivity contribution is 0.112. The number of hydrogen-bond acceptors (Lipinski definition) is 12. The summed E-state index contributed by atoms with van der Waals surface area (Å²) in [6, 6.07) is 16.8. The van der Waals surface area contributed by atoms with Crippen molar-refractivity contribution in [1.82, 2.24) is 74.0 Å². The fraction of sp³-hybridized carbons (Fsp3) is 0.650. The van der Waals surface area contributed by atoms with E-state index in [0.29, 0.717) is 36.3 Å². The second-order valence-electron chi connectivity index (χ2n) is 23.8. The second-order valence-corrected chi connectivity index (χ2v) is 23.8. The number of piperazine rings is 3. The third-order valence-electron chi connectivity index (χ3n) is 18.3. The summed E-state index contributed by atoms with van der Waals surface area (Å²) in [7, 11) is 6.66. The molecule has 408 valence electrons. The predicted molar refractivity (Wildman–Crippen MR) is 309 cm³/mol. The normalized spacial score (nSPS) is 25.4. The van der Waals surface area contributed by atoms with Crippen molar-refractivity contribution in [2.24, 2.45) is 0 Å². The molecule has 0 saturated carbocycles. The van der Waals surface area contributed by atoms with Gasteiger partial charge in [-0.15, -0.1) is 0 Å². The maximum Gasteiger partial charge on any atom is 0.0934 e. The Labute approximate surface area is 449 Å². The van der Waals surface area contributed by atoms with E-state index >= 15 is 0 Å². The summed E-state index contributed by atoms with van der Waals surface area (Å²) in [5, 5.41) is 10.6. The molecule has 1 unspecified atom stereocenters. The smallest absolute Gasteiger partial charge is 0.0934 e. The summed E-state index contributed by atoms with van der Waals surface area (Å²) < 4.78 is 7.69. The van der Waals surface area contributed by atoms with E-state index in [4.69, 9.17) is 15.0 Å². The predicted octanol–water partition coefficient (Wildman–Crippen LogP) is 6.22. The minimum atomic E-state index is 0.444. The Balaban J connectivity index is 0.000000128. The van der Waals surface area contributed by atoms with Crippen LogP contribution in [0.25, 0.3) is 33.1 Å². The first-order chi connectivity index (χ1) is 36.1. The van der Waals surface area contributed by atoms with Gasteiger partial charge >= 0.3 is 0 Å². The van der Waals surface area contributed by atoms with Crippen molar-refractivity contribution in [1.29, 1.82) is 0 Å². The molecule has 3 fully saturated rings. The molecule has 6 atom stereocenters. The number of rotatable bonds is 9.